The molecule has 1 aromatic carbocycles. The highest BCUT2D eigenvalue weighted by atomic mass is 16.5. The predicted octanol–water partition coefficient (Wildman–Crippen LogP) is 2.84. The number of carbonyl (C=O) groups is 1. The molecule has 1 atom stereocenters. The van der Waals surface area contributed by atoms with Crippen molar-refractivity contribution in [2.24, 2.45) is 5.41 Å². The van der Waals surface area contributed by atoms with E-state index < -0.39 is 6.10 Å². The molecule has 0 bridgehead atoms. The van der Waals surface area contributed by atoms with Gasteiger partial charge in [-0.3, -0.25) is 4.79 Å². The van der Waals surface area contributed by atoms with Crippen LogP contribution in [0.3, 0.4) is 0 Å². The summed E-state index contributed by atoms with van der Waals surface area (Å²) in [6.45, 7) is 2.64. The standard InChI is InChI=1S/C23H30N4O4/c1-30-19-7-3-6-17(12-19)21(29)27-14-18(28)13-23(15-27)8-10-26(11-9-23)22-24-20(31-25-22)16-4-2-5-16/h3,6-7,12,16,18,28H,2,4-5,8-11,13-15H2,1H3. The number of ether oxygens (including phenoxy) is 1. The van der Waals surface area contributed by atoms with Gasteiger partial charge < -0.3 is 24.2 Å². The summed E-state index contributed by atoms with van der Waals surface area (Å²) in [5.74, 6) is 2.49. The Morgan fingerprint density at radius 2 is 2.10 bits per heavy atom. The number of hydrogen-bond donors (Lipinski definition) is 1. The van der Waals surface area contributed by atoms with Crippen molar-refractivity contribution < 1.29 is 19.2 Å². The Hall–Kier alpha value is -2.61. The summed E-state index contributed by atoms with van der Waals surface area (Å²) in [4.78, 5) is 21.7. The van der Waals surface area contributed by atoms with Gasteiger partial charge >= 0.3 is 0 Å². The number of aromatic nitrogens is 2. The van der Waals surface area contributed by atoms with E-state index in [9.17, 15) is 9.90 Å². The molecule has 1 unspecified atom stereocenters. The van der Waals surface area contributed by atoms with Crippen LogP contribution in [-0.4, -0.2) is 65.4 Å². The molecule has 8 heteroatoms. The van der Waals surface area contributed by atoms with E-state index in [4.69, 9.17) is 9.26 Å². The van der Waals surface area contributed by atoms with Gasteiger partial charge in [0.15, 0.2) is 0 Å². The Morgan fingerprint density at radius 3 is 2.81 bits per heavy atom. The SMILES string of the molecule is COc1cccc(C(=O)N2CC(O)CC3(CCN(c4noc(C5CCC5)n4)CC3)C2)c1. The molecular weight excluding hydrogens is 396 g/mol. The molecule has 8 nitrogen and oxygen atoms in total. The number of aliphatic hydroxyl groups is 1. The van der Waals surface area contributed by atoms with Crippen molar-refractivity contribution in [2.75, 3.05) is 38.2 Å². The van der Waals surface area contributed by atoms with E-state index in [1.54, 1.807) is 19.2 Å². The van der Waals surface area contributed by atoms with Crippen LogP contribution in [0.2, 0.25) is 0 Å². The zero-order chi connectivity index (χ0) is 21.4. The van der Waals surface area contributed by atoms with Crippen LogP contribution in [0.4, 0.5) is 5.95 Å². The smallest absolute Gasteiger partial charge is 0.266 e. The normalized spacial score (nSPS) is 23.6. The van der Waals surface area contributed by atoms with Crippen LogP contribution < -0.4 is 9.64 Å². The van der Waals surface area contributed by atoms with E-state index in [1.165, 1.54) is 6.42 Å². The average Bonchev–Trinajstić information content (AvgIpc) is 3.21. The second-order valence-corrected chi connectivity index (χ2v) is 9.32. The van der Waals surface area contributed by atoms with Gasteiger partial charge in [0.1, 0.15) is 5.75 Å². The lowest BCUT2D eigenvalue weighted by molar-refractivity contribution is -0.0151. The Balaban J connectivity index is 1.25. The van der Waals surface area contributed by atoms with Gasteiger partial charge in [-0.15, -0.1) is 0 Å². The van der Waals surface area contributed by atoms with E-state index in [-0.39, 0.29) is 11.3 Å². The molecular formula is C23H30N4O4. The maximum atomic E-state index is 13.1. The largest absolute Gasteiger partial charge is 0.497 e. The molecule has 1 spiro atoms. The van der Waals surface area contributed by atoms with Crippen LogP contribution >= 0.6 is 0 Å². The number of hydrogen-bond acceptors (Lipinski definition) is 7. The molecule has 2 aromatic rings. The van der Waals surface area contributed by atoms with Crippen molar-refractivity contribution in [3.63, 3.8) is 0 Å². The first-order valence-electron chi connectivity index (χ1n) is 11.3. The summed E-state index contributed by atoms with van der Waals surface area (Å²) < 4.78 is 10.7. The lowest BCUT2D eigenvalue weighted by Gasteiger charge is -2.49. The third kappa shape index (κ3) is 4.01. The van der Waals surface area contributed by atoms with Crippen LogP contribution in [-0.2, 0) is 0 Å². The number of β-amino-alcohol motifs (C(OH)–C–C–N with tert-alkyl or cyclic N) is 1. The summed E-state index contributed by atoms with van der Waals surface area (Å²) in [7, 11) is 1.59. The molecule has 0 radical (unpaired) electrons. The Morgan fingerprint density at radius 1 is 1.29 bits per heavy atom. The number of carbonyl (C=O) groups excluding carboxylic acids is 1. The number of rotatable bonds is 4. The Kier molecular flexibility index (Phi) is 5.33. The van der Waals surface area contributed by atoms with Crippen molar-refractivity contribution in [3.8, 4) is 5.75 Å². The van der Waals surface area contributed by atoms with Crippen LogP contribution in [0.1, 0.15) is 60.7 Å². The second-order valence-electron chi connectivity index (χ2n) is 9.32. The molecule has 1 amide bonds. The minimum atomic E-state index is -0.509. The first-order valence-corrected chi connectivity index (χ1v) is 11.3. The van der Waals surface area contributed by atoms with Crippen LogP contribution in [0.15, 0.2) is 28.8 Å². The lowest BCUT2D eigenvalue weighted by atomic mass is 9.71. The maximum Gasteiger partial charge on any atom is 0.266 e. The van der Waals surface area contributed by atoms with Gasteiger partial charge in [0.2, 0.25) is 5.89 Å². The molecule has 2 aliphatic heterocycles. The van der Waals surface area contributed by atoms with Gasteiger partial charge in [0.25, 0.3) is 11.9 Å². The minimum Gasteiger partial charge on any atom is -0.497 e. The highest BCUT2D eigenvalue weighted by Gasteiger charge is 2.43. The number of methoxy groups -OCH3 is 1. The van der Waals surface area contributed by atoms with Crippen molar-refractivity contribution >= 4 is 11.9 Å². The molecule has 2 saturated heterocycles. The van der Waals surface area contributed by atoms with E-state index >= 15 is 0 Å². The summed E-state index contributed by atoms with van der Waals surface area (Å²) in [5.41, 5.74) is 0.514. The highest BCUT2D eigenvalue weighted by Crippen LogP contribution is 2.41. The fraction of sp³-hybridized carbons (Fsp3) is 0.609. The van der Waals surface area contributed by atoms with Crippen LogP contribution in [0, 0.1) is 5.41 Å². The first-order chi connectivity index (χ1) is 15.0. The zero-order valence-corrected chi connectivity index (χ0v) is 18.0. The molecule has 1 N–H and O–H groups in total. The number of amides is 1. The number of piperidine rings is 2. The van der Waals surface area contributed by atoms with Crippen molar-refractivity contribution in [1.82, 2.24) is 15.0 Å². The highest BCUT2D eigenvalue weighted by molar-refractivity contribution is 5.94. The Labute approximate surface area is 182 Å². The number of anilines is 1. The molecule has 3 fully saturated rings. The molecule has 3 aliphatic rings. The molecule has 3 heterocycles. The number of benzene rings is 1. The van der Waals surface area contributed by atoms with Gasteiger partial charge in [-0.05, 0) is 60.9 Å². The van der Waals surface area contributed by atoms with E-state index in [0.717, 1.165) is 51.1 Å². The van der Waals surface area contributed by atoms with Crippen LogP contribution in [0.5, 0.6) is 5.75 Å². The van der Waals surface area contributed by atoms with Gasteiger partial charge in [-0.2, -0.15) is 4.98 Å². The minimum absolute atomic E-state index is 0.0530. The fourth-order valence-corrected chi connectivity index (χ4v) is 5.17. The van der Waals surface area contributed by atoms with Crippen molar-refractivity contribution in [3.05, 3.63) is 35.7 Å². The van der Waals surface area contributed by atoms with Gasteiger partial charge in [-0.1, -0.05) is 12.5 Å². The summed E-state index contributed by atoms with van der Waals surface area (Å²) in [5, 5.41) is 14.8. The summed E-state index contributed by atoms with van der Waals surface area (Å²) >= 11 is 0. The topological polar surface area (TPSA) is 91.9 Å². The van der Waals surface area contributed by atoms with Crippen LogP contribution in [0.25, 0.3) is 0 Å². The summed E-state index contributed by atoms with van der Waals surface area (Å²) in [6.07, 6.45) is 5.51. The first kappa shape index (κ1) is 20.3. The third-order valence-electron chi connectivity index (χ3n) is 7.22. The van der Waals surface area contributed by atoms with E-state index in [0.29, 0.717) is 36.3 Å². The maximum absolute atomic E-state index is 13.1. The second kappa shape index (κ2) is 8.15. The zero-order valence-electron chi connectivity index (χ0n) is 18.0. The average molecular weight is 427 g/mol. The number of likely N-dealkylation sites (tertiary alicyclic amines) is 1. The van der Waals surface area contributed by atoms with Gasteiger partial charge in [-0.25, -0.2) is 0 Å². The molecule has 1 saturated carbocycles. The predicted molar refractivity (Wildman–Crippen MR) is 114 cm³/mol. The quantitative estimate of drug-likeness (QED) is 0.804. The number of nitrogens with zero attached hydrogens (tertiary/aromatic N) is 4. The monoisotopic (exact) mass is 426 g/mol. The van der Waals surface area contributed by atoms with E-state index in [2.05, 4.69) is 15.0 Å². The Bertz CT molecular complexity index is 933. The van der Waals surface area contributed by atoms with Crippen molar-refractivity contribution in [2.45, 2.75) is 50.5 Å². The van der Waals surface area contributed by atoms with Crippen molar-refractivity contribution in [1.29, 1.82) is 0 Å². The van der Waals surface area contributed by atoms with Gasteiger partial charge in [0, 0.05) is 37.7 Å². The van der Waals surface area contributed by atoms with Gasteiger partial charge in [0.05, 0.1) is 13.2 Å². The molecule has 1 aliphatic carbocycles. The number of aliphatic hydroxyl groups excluding tert-OH is 1. The summed E-state index contributed by atoms with van der Waals surface area (Å²) in [6, 6.07) is 7.21. The molecule has 31 heavy (non-hydrogen) atoms. The molecule has 166 valence electrons. The molecule has 1 aromatic heterocycles. The van der Waals surface area contributed by atoms with E-state index in [1.807, 2.05) is 17.0 Å². The third-order valence-corrected chi connectivity index (χ3v) is 7.22. The molecule has 5 rings (SSSR count). The fourth-order valence-electron chi connectivity index (χ4n) is 5.17. The lowest BCUT2D eigenvalue weighted by Crippen LogP contribution is -2.55.